The maximum absolute atomic E-state index is 13.4. The highest BCUT2D eigenvalue weighted by Crippen LogP contribution is 2.32. The molecule has 3 nitrogen and oxygen atoms in total. The van der Waals surface area contributed by atoms with Gasteiger partial charge in [0, 0.05) is 18.1 Å². The number of benzene rings is 1. The molecule has 0 saturated heterocycles. The molecule has 3 N–H and O–H groups in total. The monoisotopic (exact) mass is 308 g/mol. The van der Waals surface area contributed by atoms with Gasteiger partial charge in [-0.15, -0.1) is 12.4 Å². The lowest BCUT2D eigenvalue weighted by Crippen LogP contribution is -2.30. The zero-order valence-electron chi connectivity index (χ0n) is 10.7. The van der Waals surface area contributed by atoms with Gasteiger partial charge >= 0.3 is 0 Å². The lowest BCUT2D eigenvalue weighted by Gasteiger charge is -2.17. The molecule has 0 aliphatic heterocycles. The third-order valence-corrected chi connectivity index (χ3v) is 3.57. The van der Waals surface area contributed by atoms with Crippen molar-refractivity contribution in [2.45, 2.75) is 19.3 Å². The average Bonchev–Trinajstić information content (AvgIpc) is 2.84. The Morgan fingerprint density at radius 3 is 2.50 bits per heavy atom. The molecule has 1 fully saturated rings. The van der Waals surface area contributed by atoms with Crippen LogP contribution in [0.25, 0.3) is 0 Å². The molecule has 1 aliphatic carbocycles. The van der Waals surface area contributed by atoms with Crippen LogP contribution in [0.4, 0.5) is 18.9 Å². The van der Waals surface area contributed by atoms with Gasteiger partial charge in [-0.1, -0.05) is 6.42 Å². The first-order valence-corrected chi connectivity index (χ1v) is 6.18. The van der Waals surface area contributed by atoms with Gasteiger partial charge in [-0.25, -0.2) is 13.2 Å². The lowest BCUT2D eigenvalue weighted by atomic mass is 9.95. The number of hydrogen-bond acceptors (Lipinski definition) is 2. The Bertz CT molecular complexity index is 499. The van der Waals surface area contributed by atoms with Crippen LogP contribution in [-0.4, -0.2) is 12.5 Å². The van der Waals surface area contributed by atoms with Gasteiger partial charge in [0.15, 0.2) is 11.6 Å². The fourth-order valence-corrected chi connectivity index (χ4v) is 2.51. The molecule has 0 unspecified atom stereocenters. The number of nitrogens with two attached hydrogens (primary N) is 1. The zero-order chi connectivity index (χ0) is 14.0. The fourth-order valence-electron chi connectivity index (χ4n) is 2.51. The molecule has 2 rings (SSSR count). The molecule has 112 valence electrons. The molecule has 0 spiro atoms. The minimum absolute atomic E-state index is 0. The minimum Gasteiger partial charge on any atom is -0.330 e. The van der Waals surface area contributed by atoms with Crippen molar-refractivity contribution in [2.75, 3.05) is 11.9 Å². The zero-order valence-corrected chi connectivity index (χ0v) is 11.5. The van der Waals surface area contributed by atoms with E-state index in [2.05, 4.69) is 5.32 Å². The number of hydrogen-bond donors (Lipinski definition) is 2. The first-order valence-electron chi connectivity index (χ1n) is 6.18. The van der Waals surface area contributed by atoms with E-state index in [0.717, 1.165) is 12.8 Å². The number of anilines is 1. The number of nitrogens with one attached hydrogen (secondary N) is 1. The van der Waals surface area contributed by atoms with Crippen molar-refractivity contribution in [2.24, 2.45) is 17.6 Å². The van der Waals surface area contributed by atoms with Crippen molar-refractivity contribution in [1.82, 2.24) is 0 Å². The number of rotatable bonds is 3. The third-order valence-electron chi connectivity index (χ3n) is 3.57. The van der Waals surface area contributed by atoms with Gasteiger partial charge in [-0.2, -0.15) is 0 Å². The van der Waals surface area contributed by atoms with E-state index in [1.807, 2.05) is 0 Å². The van der Waals surface area contributed by atoms with Crippen LogP contribution in [-0.2, 0) is 4.79 Å². The minimum atomic E-state index is -1.28. The molecule has 2 atom stereocenters. The van der Waals surface area contributed by atoms with Gasteiger partial charge in [0.1, 0.15) is 5.82 Å². The topological polar surface area (TPSA) is 55.1 Å². The maximum atomic E-state index is 13.4. The second-order valence-corrected chi connectivity index (χ2v) is 4.77. The Kier molecular flexibility index (Phi) is 5.83. The molecule has 0 bridgehead atoms. The summed E-state index contributed by atoms with van der Waals surface area (Å²) in [5.74, 6) is -4.09. The van der Waals surface area contributed by atoms with Crippen molar-refractivity contribution in [3.8, 4) is 0 Å². The summed E-state index contributed by atoms with van der Waals surface area (Å²) in [7, 11) is 0. The van der Waals surface area contributed by atoms with Crippen LogP contribution in [0.15, 0.2) is 12.1 Å². The van der Waals surface area contributed by atoms with Crippen molar-refractivity contribution >= 4 is 24.0 Å². The first-order chi connectivity index (χ1) is 9.02. The van der Waals surface area contributed by atoms with E-state index in [1.54, 1.807) is 0 Å². The molecule has 20 heavy (non-hydrogen) atoms. The number of amides is 1. The first kappa shape index (κ1) is 16.8. The van der Waals surface area contributed by atoms with Gasteiger partial charge in [0.25, 0.3) is 0 Å². The largest absolute Gasteiger partial charge is 0.330 e. The second-order valence-electron chi connectivity index (χ2n) is 4.77. The van der Waals surface area contributed by atoms with E-state index in [0.29, 0.717) is 25.1 Å². The standard InChI is InChI=1S/C13H15F3N2O.ClH/c14-9-4-11(16)12(5-10(9)15)18-13(19)8-3-1-2-7(8)6-17;/h4-5,7-8H,1-3,6,17H2,(H,18,19);1H/t7-,8-;/m1./s1. The van der Waals surface area contributed by atoms with E-state index < -0.39 is 23.4 Å². The van der Waals surface area contributed by atoms with Crippen LogP contribution in [0.2, 0.25) is 0 Å². The van der Waals surface area contributed by atoms with Crippen molar-refractivity contribution in [3.63, 3.8) is 0 Å². The normalized spacial score (nSPS) is 21.4. The Hall–Kier alpha value is -1.27. The molecular formula is C13H16ClF3N2O. The number of carbonyl (C=O) groups excluding carboxylic acids is 1. The molecular weight excluding hydrogens is 293 g/mol. The molecule has 1 aromatic carbocycles. The van der Waals surface area contributed by atoms with Crippen LogP contribution in [0, 0.1) is 29.3 Å². The van der Waals surface area contributed by atoms with Crippen LogP contribution in [0.5, 0.6) is 0 Å². The molecule has 1 amide bonds. The highest BCUT2D eigenvalue weighted by atomic mass is 35.5. The van der Waals surface area contributed by atoms with Gasteiger partial charge in [0.05, 0.1) is 5.69 Å². The van der Waals surface area contributed by atoms with E-state index in [9.17, 15) is 18.0 Å². The van der Waals surface area contributed by atoms with Gasteiger partial charge in [-0.05, 0) is 25.3 Å². The highest BCUT2D eigenvalue weighted by Gasteiger charge is 2.32. The predicted molar refractivity (Wildman–Crippen MR) is 72.1 cm³/mol. The van der Waals surface area contributed by atoms with E-state index in [4.69, 9.17) is 5.73 Å². The summed E-state index contributed by atoms with van der Waals surface area (Å²) in [5, 5.41) is 2.31. The molecule has 1 saturated carbocycles. The van der Waals surface area contributed by atoms with Crippen molar-refractivity contribution < 1.29 is 18.0 Å². The van der Waals surface area contributed by atoms with Crippen LogP contribution in [0.3, 0.4) is 0 Å². The summed E-state index contributed by atoms with van der Waals surface area (Å²) >= 11 is 0. The summed E-state index contributed by atoms with van der Waals surface area (Å²) < 4.78 is 39.2. The highest BCUT2D eigenvalue weighted by molar-refractivity contribution is 5.93. The Morgan fingerprint density at radius 2 is 1.85 bits per heavy atom. The molecule has 0 radical (unpaired) electrons. The molecule has 1 aromatic rings. The summed E-state index contributed by atoms with van der Waals surface area (Å²) in [6, 6.07) is 1.06. The number of halogens is 4. The van der Waals surface area contributed by atoms with E-state index in [1.165, 1.54) is 0 Å². The number of carbonyl (C=O) groups is 1. The summed E-state index contributed by atoms with van der Waals surface area (Å²) in [5.41, 5.74) is 5.22. The predicted octanol–water partition coefficient (Wildman–Crippen LogP) is 2.84. The van der Waals surface area contributed by atoms with Crippen LogP contribution < -0.4 is 11.1 Å². The maximum Gasteiger partial charge on any atom is 0.227 e. The molecule has 0 heterocycles. The second kappa shape index (κ2) is 6.95. The molecule has 7 heteroatoms. The van der Waals surface area contributed by atoms with E-state index in [-0.39, 0.29) is 29.9 Å². The Balaban J connectivity index is 0.00000200. The Labute approximate surface area is 121 Å². The smallest absolute Gasteiger partial charge is 0.227 e. The van der Waals surface area contributed by atoms with Crippen molar-refractivity contribution in [1.29, 1.82) is 0 Å². The Morgan fingerprint density at radius 1 is 1.20 bits per heavy atom. The summed E-state index contributed by atoms with van der Waals surface area (Å²) in [6.45, 7) is 0.387. The fraction of sp³-hybridized carbons (Fsp3) is 0.462. The van der Waals surface area contributed by atoms with E-state index >= 15 is 0 Å². The van der Waals surface area contributed by atoms with Crippen LogP contribution >= 0.6 is 12.4 Å². The summed E-state index contributed by atoms with van der Waals surface area (Å²) in [4.78, 5) is 12.0. The molecule has 0 aromatic heterocycles. The van der Waals surface area contributed by atoms with Gasteiger partial charge in [0.2, 0.25) is 5.91 Å². The molecule has 1 aliphatic rings. The van der Waals surface area contributed by atoms with Crippen molar-refractivity contribution in [3.05, 3.63) is 29.6 Å². The lowest BCUT2D eigenvalue weighted by molar-refractivity contribution is -0.120. The quantitative estimate of drug-likeness (QED) is 0.844. The SMILES string of the molecule is Cl.NC[C@H]1CCC[C@H]1C(=O)Nc1cc(F)c(F)cc1F. The third kappa shape index (κ3) is 3.43. The van der Waals surface area contributed by atoms with Gasteiger partial charge < -0.3 is 11.1 Å². The van der Waals surface area contributed by atoms with Gasteiger partial charge in [-0.3, -0.25) is 4.79 Å². The average molecular weight is 309 g/mol. The summed E-state index contributed by atoms with van der Waals surface area (Å²) in [6.07, 6.45) is 2.42. The van der Waals surface area contributed by atoms with Crippen LogP contribution in [0.1, 0.15) is 19.3 Å².